The molecule has 0 aliphatic carbocycles. The van der Waals surface area contributed by atoms with Gasteiger partial charge in [-0.2, -0.15) is 0 Å². The van der Waals surface area contributed by atoms with Crippen LogP contribution in [0.3, 0.4) is 0 Å². The summed E-state index contributed by atoms with van der Waals surface area (Å²) in [6, 6.07) is 4.52. The van der Waals surface area contributed by atoms with Gasteiger partial charge < -0.3 is 9.73 Å². The molecule has 4 nitrogen and oxygen atoms in total. The van der Waals surface area contributed by atoms with Crippen molar-refractivity contribution in [2.75, 3.05) is 6.54 Å². The maximum atomic E-state index is 13.6. The van der Waals surface area contributed by atoms with Gasteiger partial charge in [-0.25, -0.2) is 9.37 Å². The predicted molar refractivity (Wildman–Crippen MR) is 68.4 cm³/mol. The third kappa shape index (κ3) is 3.40. The third-order valence-corrected chi connectivity index (χ3v) is 2.66. The smallest absolute Gasteiger partial charge is 0.254 e. The number of carbonyl (C=O) groups is 1. The van der Waals surface area contributed by atoms with E-state index in [4.69, 9.17) is 4.42 Å². The van der Waals surface area contributed by atoms with E-state index in [0.717, 1.165) is 11.3 Å². The van der Waals surface area contributed by atoms with Crippen LogP contribution in [0.2, 0.25) is 0 Å². The van der Waals surface area contributed by atoms with E-state index in [1.165, 1.54) is 12.1 Å². The zero-order valence-electron chi connectivity index (χ0n) is 10.9. The molecule has 0 saturated carbocycles. The quantitative estimate of drug-likeness (QED) is 0.920. The Morgan fingerprint density at radius 3 is 2.84 bits per heavy atom. The van der Waals surface area contributed by atoms with Gasteiger partial charge in [0.25, 0.3) is 5.91 Å². The van der Waals surface area contributed by atoms with Crippen LogP contribution in [0.15, 0.2) is 28.8 Å². The van der Waals surface area contributed by atoms with Gasteiger partial charge in [0.1, 0.15) is 11.6 Å². The molecule has 0 radical (unpaired) electrons. The molecule has 1 N–H and O–H groups in total. The molecule has 0 fully saturated rings. The van der Waals surface area contributed by atoms with Crippen molar-refractivity contribution in [2.24, 2.45) is 0 Å². The molecule has 1 aromatic heterocycles. The first-order valence-electron chi connectivity index (χ1n) is 6.02. The van der Waals surface area contributed by atoms with Crippen molar-refractivity contribution in [1.82, 2.24) is 10.3 Å². The van der Waals surface area contributed by atoms with E-state index < -0.39 is 11.7 Å². The highest BCUT2D eigenvalue weighted by molar-refractivity contribution is 5.94. The zero-order valence-corrected chi connectivity index (χ0v) is 10.9. The number of nitrogens with one attached hydrogen (secondary N) is 1. The van der Waals surface area contributed by atoms with Gasteiger partial charge in [0.2, 0.25) is 0 Å². The minimum absolute atomic E-state index is 0.0502. The van der Waals surface area contributed by atoms with Crippen LogP contribution in [-0.4, -0.2) is 17.4 Å². The first kappa shape index (κ1) is 13.3. The van der Waals surface area contributed by atoms with E-state index in [1.807, 2.05) is 0 Å². The third-order valence-electron chi connectivity index (χ3n) is 2.66. The molecule has 0 unspecified atom stereocenters. The molecule has 19 heavy (non-hydrogen) atoms. The summed E-state index contributed by atoms with van der Waals surface area (Å²) in [4.78, 5) is 15.8. The van der Waals surface area contributed by atoms with Gasteiger partial charge in [-0.3, -0.25) is 4.79 Å². The maximum absolute atomic E-state index is 13.6. The summed E-state index contributed by atoms with van der Waals surface area (Å²) in [5, 5.41) is 2.64. The molecule has 100 valence electrons. The van der Waals surface area contributed by atoms with Crippen LogP contribution in [-0.2, 0) is 6.42 Å². The second-order valence-electron chi connectivity index (χ2n) is 4.35. The van der Waals surface area contributed by atoms with Crippen molar-refractivity contribution in [3.8, 4) is 0 Å². The van der Waals surface area contributed by atoms with Crippen LogP contribution in [0.1, 0.15) is 27.6 Å². The molecule has 0 bridgehead atoms. The number of nitrogens with zero attached hydrogens (tertiary/aromatic N) is 1. The fourth-order valence-electron chi connectivity index (χ4n) is 1.70. The maximum Gasteiger partial charge on any atom is 0.254 e. The first-order chi connectivity index (χ1) is 9.06. The minimum Gasteiger partial charge on any atom is -0.446 e. The number of amides is 1. The number of rotatable bonds is 4. The van der Waals surface area contributed by atoms with Gasteiger partial charge in [-0.15, -0.1) is 0 Å². The largest absolute Gasteiger partial charge is 0.446 e. The minimum atomic E-state index is -0.510. The summed E-state index contributed by atoms with van der Waals surface area (Å²) in [6.45, 7) is 3.93. The first-order valence-corrected chi connectivity index (χ1v) is 6.02. The molecule has 2 aromatic rings. The topological polar surface area (TPSA) is 55.1 Å². The number of hydrogen-bond acceptors (Lipinski definition) is 3. The predicted octanol–water partition coefficient (Wildman–Crippen LogP) is 2.40. The number of benzene rings is 1. The number of aromatic nitrogens is 1. The molecule has 2 rings (SSSR count). The van der Waals surface area contributed by atoms with E-state index in [0.29, 0.717) is 18.9 Å². The number of hydrogen-bond donors (Lipinski definition) is 1. The van der Waals surface area contributed by atoms with Gasteiger partial charge in [0.15, 0.2) is 5.89 Å². The summed E-state index contributed by atoms with van der Waals surface area (Å²) >= 11 is 0. The number of halogens is 1. The van der Waals surface area contributed by atoms with Crippen molar-refractivity contribution in [3.05, 3.63) is 53.0 Å². The monoisotopic (exact) mass is 262 g/mol. The Kier molecular flexibility index (Phi) is 3.94. The van der Waals surface area contributed by atoms with E-state index >= 15 is 0 Å². The van der Waals surface area contributed by atoms with Crippen molar-refractivity contribution in [2.45, 2.75) is 20.3 Å². The van der Waals surface area contributed by atoms with Crippen LogP contribution in [0.25, 0.3) is 0 Å². The summed E-state index contributed by atoms with van der Waals surface area (Å²) in [5.74, 6) is 0.346. The van der Waals surface area contributed by atoms with E-state index in [9.17, 15) is 9.18 Å². The Hall–Kier alpha value is -2.17. The lowest BCUT2D eigenvalue weighted by atomic mass is 10.1. The summed E-state index contributed by atoms with van der Waals surface area (Å²) < 4.78 is 18.8. The molecule has 1 aromatic carbocycles. The Morgan fingerprint density at radius 1 is 1.42 bits per heavy atom. The molecular formula is C14H15FN2O2. The van der Waals surface area contributed by atoms with Crippen LogP contribution in [0.5, 0.6) is 0 Å². The van der Waals surface area contributed by atoms with Crippen LogP contribution in [0.4, 0.5) is 4.39 Å². The number of carbonyl (C=O) groups excluding carboxylic acids is 1. The molecule has 0 spiro atoms. The second kappa shape index (κ2) is 5.65. The Labute approximate surface area is 110 Å². The van der Waals surface area contributed by atoms with Crippen LogP contribution >= 0.6 is 0 Å². The number of aryl methyl sites for hydroxylation is 2. The van der Waals surface area contributed by atoms with E-state index in [1.54, 1.807) is 26.1 Å². The number of oxazole rings is 1. The SMILES string of the molecule is Cc1ccc(C(=O)NCCc2ncc(C)o2)c(F)c1. The molecule has 1 heterocycles. The van der Waals surface area contributed by atoms with E-state index in [-0.39, 0.29) is 5.56 Å². The van der Waals surface area contributed by atoms with E-state index in [2.05, 4.69) is 10.3 Å². The molecule has 0 saturated heterocycles. The van der Waals surface area contributed by atoms with Gasteiger partial charge in [0, 0.05) is 13.0 Å². The van der Waals surface area contributed by atoms with Crippen LogP contribution < -0.4 is 5.32 Å². The Balaban J connectivity index is 1.90. The summed E-state index contributed by atoms with van der Waals surface area (Å²) in [5.41, 5.74) is 0.832. The highest BCUT2D eigenvalue weighted by Crippen LogP contribution is 2.09. The second-order valence-corrected chi connectivity index (χ2v) is 4.35. The van der Waals surface area contributed by atoms with Gasteiger partial charge in [0.05, 0.1) is 11.8 Å². The standard InChI is InChI=1S/C14H15FN2O2/c1-9-3-4-11(12(15)7-9)14(18)16-6-5-13-17-8-10(2)19-13/h3-4,7-8H,5-6H2,1-2H3,(H,16,18). The highest BCUT2D eigenvalue weighted by Gasteiger charge is 2.11. The Bertz CT molecular complexity index is 593. The van der Waals surface area contributed by atoms with Crippen LogP contribution in [0, 0.1) is 19.7 Å². The molecular weight excluding hydrogens is 247 g/mol. The Morgan fingerprint density at radius 2 is 2.21 bits per heavy atom. The molecule has 5 heteroatoms. The van der Waals surface area contributed by atoms with Gasteiger partial charge >= 0.3 is 0 Å². The van der Waals surface area contributed by atoms with Crippen molar-refractivity contribution in [3.63, 3.8) is 0 Å². The highest BCUT2D eigenvalue weighted by atomic mass is 19.1. The molecule has 0 aliphatic heterocycles. The molecule has 0 aliphatic rings. The van der Waals surface area contributed by atoms with Crippen molar-refractivity contribution >= 4 is 5.91 Å². The van der Waals surface area contributed by atoms with Gasteiger partial charge in [-0.05, 0) is 31.5 Å². The zero-order chi connectivity index (χ0) is 13.8. The van der Waals surface area contributed by atoms with Crippen molar-refractivity contribution < 1.29 is 13.6 Å². The normalized spacial score (nSPS) is 10.5. The molecule has 0 atom stereocenters. The van der Waals surface area contributed by atoms with Crippen molar-refractivity contribution in [1.29, 1.82) is 0 Å². The fraction of sp³-hybridized carbons (Fsp3) is 0.286. The fourth-order valence-corrected chi connectivity index (χ4v) is 1.70. The lowest BCUT2D eigenvalue weighted by Crippen LogP contribution is -2.26. The average molecular weight is 262 g/mol. The summed E-state index contributed by atoms with van der Waals surface area (Å²) in [7, 11) is 0. The van der Waals surface area contributed by atoms with Gasteiger partial charge in [-0.1, -0.05) is 6.07 Å². The lowest BCUT2D eigenvalue weighted by Gasteiger charge is -2.05. The molecule has 1 amide bonds. The summed E-state index contributed by atoms with van der Waals surface area (Å²) in [6.07, 6.45) is 2.10. The average Bonchev–Trinajstić information content (AvgIpc) is 2.75. The lowest BCUT2D eigenvalue weighted by molar-refractivity contribution is 0.0949.